The number of hydrogen-bond donors (Lipinski definition) is 1. The lowest BCUT2D eigenvalue weighted by Crippen LogP contribution is -2.40. The third kappa shape index (κ3) is 2.81. The monoisotopic (exact) mass is 313 g/mol. The van der Waals surface area contributed by atoms with Gasteiger partial charge in [0.15, 0.2) is 0 Å². The molecule has 0 spiro atoms. The van der Waals surface area contributed by atoms with Crippen LogP contribution in [0.15, 0.2) is 16.7 Å². The number of carbonyl (C=O) groups excluding carboxylic acids is 1. The van der Waals surface area contributed by atoms with Crippen molar-refractivity contribution in [2.45, 2.75) is 18.9 Å². The Labute approximate surface area is 114 Å². The molecule has 2 N–H and O–H groups in total. The maximum Gasteiger partial charge on any atom is 0.341 e. The molecule has 1 aromatic heterocycles. The number of rotatable bonds is 2. The van der Waals surface area contributed by atoms with Crippen LogP contribution in [0.2, 0.25) is 0 Å². The molecule has 0 saturated carbocycles. The smallest absolute Gasteiger partial charge is 0.341 e. The second-order valence-electron chi connectivity index (χ2n) is 4.34. The summed E-state index contributed by atoms with van der Waals surface area (Å²) in [6.07, 6.45) is 3.52. The number of esters is 1. The molecule has 5 nitrogen and oxygen atoms in total. The zero-order valence-corrected chi connectivity index (χ0v) is 11.8. The van der Waals surface area contributed by atoms with Crippen LogP contribution in [0, 0.1) is 0 Å². The number of carbonyl (C=O) groups is 1. The summed E-state index contributed by atoms with van der Waals surface area (Å²) in [6, 6.07) is 1.99. The highest BCUT2D eigenvalue weighted by atomic mass is 79.9. The second-order valence-corrected chi connectivity index (χ2v) is 5.26. The van der Waals surface area contributed by atoms with E-state index in [2.05, 4.69) is 25.8 Å². The van der Waals surface area contributed by atoms with Crippen molar-refractivity contribution in [2.75, 3.05) is 25.1 Å². The molecule has 0 aliphatic carbocycles. The van der Waals surface area contributed by atoms with Crippen molar-refractivity contribution >= 4 is 27.7 Å². The van der Waals surface area contributed by atoms with Crippen molar-refractivity contribution in [1.82, 2.24) is 4.98 Å². The summed E-state index contributed by atoms with van der Waals surface area (Å²) >= 11 is 3.32. The number of methoxy groups -OCH3 is 1. The Morgan fingerprint density at radius 1 is 1.56 bits per heavy atom. The number of ether oxygens (including phenoxy) is 1. The number of pyridine rings is 1. The van der Waals surface area contributed by atoms with Crippen LogP contribution in [-0.2, 0) is 4.74 Å². The molecule has 1 fully saturated rings. The number of anilines is 1. The maximum atomic E-state index is 11.8. The molecular formula is C12H16BrN3O2. The van der Waals surface area contributed by atoms with Crippen molar-refractivity contribution in [2.24, 2.45) is 5.73 Å². The quantitative estimate of drug-likeness (QED) is 0.839. The van der Waals surface area contributed by atoms with Gasteiger partial charge in [0, 0.05) is 29.8 Å². The lowest BCUT2D eigenvalue weighted by atomic mass is 10.1. The first-order chi connectivity index (χ1) is 8.61. The van der Waals surface area contributed by atoms with Crippen molar-refractivity contribution in [3.8, 4) is 0 Å². The van der Waals surface area contributed by atoms with Crippen molar-refractivity contribution in [1.29, 1.82) is 0 Å². The SMILES string of the molecule is COC(=O)c1cc(Br)cnc1N1CCC(N)CC1. The van der Waals surface area contributed by atoms with E-state index in [-0.39, 0.29) is 12.0 Å². The minimum Gasteiger partial charge on any atom is -0.465 e. The van der Waals surface area contributed by atoms with Gasteiger partial charge in [0.05, 0.1) is 7.11 Å². The van der Waals surface area contributed by atoms with E-state index >= 15 is 0 Å². The van der Waals surface area contributed by atoms with Gasteiger partial charge < -0.3 is 15.4 Å². The summed E-state index contributed by atoms with van der Waals surface area (Å²) in [4.78, 5) is 18.2. The summed E-state index contributed by atoms with van der Waals surface area (Å²) in [6.45, 7) is 1.64. The number of halogens is 1. The number of hydrogen-bond acceptors (Lipinski definition) is 5. The Morgan fingerprint density at radius 2 is 2.22 bits per heavy atom. The van der Waals surface area contributed by atoms with Crippen LogP contribution in [0.4, 0.5) is 5.82 Å². The van der Waals surface area contributed by atoms with Gasteiger partial charge in [0.1, 0.15) is 11.4 Å². The molecule has 1 aliphatic rings. The molecule has 6 heteroatoms. The van der Waals surface area contributed by atoms with Gasteiger partial charge in [-0.15, -0.1) is 0 Å². The minimum atomic E-state index is -0.367. The Morgan fingerprint density at radius 3 is 2.83 bits per heavy atom. The zero-order chi connectivity index (χ0) is 13.1. The summed E-state index contributed by atoms with van der Waals surface area (Å²) < 4.78 is 5.56. The third-order valence-corrected chi connectivity index (χ3v) is 3.51. The fourth-order valence-electron chi connectivity index (χ4n) is 2.06. The van der Waals surface area contributed by atoms with Gasteiger partial charge in [-0.05, 0) is 34.8 Å². The number of aromatic nitrogens is 1. The first kappa shape index (κ1) is 13.3. The van der Waals surface area contributed by atoms with E-state index in [1.807, 2.05) is 0 Å². The molecule has 1 saturated heterocycles. The average molecular weight is 314 g/mol. The predicted octanol–water partition coefficient (Wildman–Crippen LogP) is 1.56. The highest BCUT2D eigenvalue weighted by molar-refractivity contribution is 9.10. The van der Waals surface area contributed by atoms with Gasteiger partial charge in [0.25, 0.3) is 0 Å². The summed E-state index contributed by atoms with van der Waals surface area (Å²) in [5.74, 6) is 0.311. The summed E-state index contributed by atoms with van der Waals surface area (Å²) in [5, 5.41) is 0. The highest BCUT2D eigenvalue weighted by Crippen LogP contribution is 2.24. The Kier molecular flexibility index (Phi) is 4.19. The van der Waals surface area contributed by atoms with Crippen molar-refractivity contribution in [3.63, 3.8) is 0 Å². The molecule has 0 unspecified atom stereocenters. The van der Waals surface area contributed by atoms with E-state index in [1.54, 1.807) is 12.3 Å². The first-order valence-electron chi connectivity index (χ1n) is 5.86. The molecule has 2 heterocycles. The Balaban J connectivity index is 2.29. The van der Waals surface area contributed by atoms with Gasteiger partial charge in [-0.3, -0.25) is 0 Å². The van der Waals surface area contributed by atoms with Crippen LogP contribution in [0.5, 0.6) is 0 Å². The molecule has 0 amide bonds. The van der Waals surface area contributed by atoms with Crippen LogP contribution in [-0.4, -0.2) is 37.2 Å². The van der Waals surface area contributed by atoms with Crippen LogP contribution in [0.3, 0.4) is 0 Å². The average Bonchev–Trinajstić information content (AvgIpc) is 2.39. The molecule has 0 radical (unpaired) electrons. The van der Waals surface area contributed by atoms with Crippen LogP contribution < -0.4 is 10.6 Å². The molecule has 1 aliphatic heterocycles. The number of nitrogens with two attached hydrogens (primary N) is 1. The highest BCUT2D eigenvalue weighted by Gasteiger charge is 2.23. The normalized spacial score (nSPS) is 16.7. The zero-order valence-electron chi connectivity index (χ0n) is 10.2. The predicted molar refractivity (Wildman–Crippen MR) is 72.7 cm³/mol. The minimum absolute atomic E-state index is 0.248. The maximum absolute atomic E-state index is 11.8. The fourth-order valence-corrected chi connectivity index (χ4v) is 2.39. The van der Waals surface area contributed by atoms with Gasteiger partial charge >= 0.3 is 5.97 Å². The molecule has 2 rings (SSSR count). The number of piperidine rings is 1. The van der Waals surface area contributed by atoms with Gasteiger partial charge in [-0.2, -0.15) is 0 Å². The first-order valence-corrected chi connectivity index (χ1v) is 6.65. The molecule has 0 atom stereocenters. The van der Waals surface area contributed by atoms with Gasteiger partial charge in [-0.25, -0.2) is 9.78 Å². The van der Waals surface area contributed by atoms with Crippen LogP contribution in [0.25, 0.3) is 0 Å². The Bertz CT molecular complexity index is 445. The lowest BCUT2D eigenvalue weighted by Gasteiger charge is -2.31. The van der Waals surface area contributed by atoms with E-state index in [0.29, 0.717) is 11.4 Å². The lowest BCUT2D eigenvalue weighted by molar-refractivity contribution is 0.0601. The van der Waals surface area contributed by atoms with Crippen molar-refractivity contribution < 1.29 is 9.53 Å². The van der Waals surface area contributed by atoms with Gasteiger partial charge in [0.2, 0.25) is 0 Å². The van der Waals surface area contributed by atoms with E-state index in [4.69, 9.17) is 10.5 Å². The molecule has 18 heavy (non-hydrogen) atoms. The molecule has 0 bridgehead atoms. The molecular weight excluding hydrogens is 298 g/mol. The van der Waals surface area contributed by atoms with Crippen LogP contribution in [0.1, 0.15) is 23.2 Å². The van der Waals surface area contributed by atoms with E-state index in [9.17, 15) is 4.79 Å². The standard InChI is InChI=1S/C12H16BrN3O2/c1-18-12(17)10-6-8(13)7-15-11(10)16-4-2-9(14)3-5-16/h6-7,9H,2-5,14H2,1H3. The fraction of sp³-hybridized carbons (Fsp3) is 0.500. The van der Waals surface area contributed by atoms with E-state index in [0.717, 1.165) is 30.4 Å². The summed E-state index contributed by atoms with van der Waals surface area (Å²) in [7, 11) is 1.37. The molecule has 98 valence electrons. The molecule has 1 aromatic rings. The summed E-state index contributed by atoms with van der Waals surface area (Å²) in [5.41, 5.74) is 6.37. The largest absolute Gasteiger partial charge is 0.465 e. The van der Waals surface area contributed by atoms with Gasteiger partial charge in [-0.1, -0.05) is 0 Å². The van der Waals surface area contributed by atoms with E-state index < -0.39 is 0 Å². The topological polar surface area (TPSA) is 68.5 Å². The third-order valence-electron chi connectivity index (χ3n) is 3.08. The Hall–Kier alpha value is -1.14. The van der Waals surface area contributed by atoms with Crippen molar-refractivity contribution in [3.05, 3.63) is 22.3 Å². The molecule has 0 aromatic carbocycles. The number of nitrogens with zero attached hydrogens (tertiary/aromatic N) is 2. The van der Waals surface area contributed by atoms with Crippen LogP contribution >= 0.6 is 15.9 Å². The second kappa shape index (κ2) is 5.67. The van der Waals surface area contributed by atoms with E-state index in [1.165, 1.54) is 7.11 Å².